The molecule has 0 bridgehead atoms. The first-order chi connectivity index (χ1) is 14.8. The Balaban J connectivity index is 1.42. The maximum atomic E-state index is 12.7. The van der Waals surface area contributed by atoms with Crippen molar-refractivity contribution in [2.24, 2.45) is 4.40 Å². The number of fused-ring (bicyclic) bond motifs is 1. The SMILES string of the molecule is O=C(NCc1ccc(S(=O)(=O)N2CCOCC2)cc1)C1=CC=CN2CCS(=O)(=O)N=C12. The van der Waals surface area contributed by atoms with E-state index in [-0.39, 0.29) is 35.1 Å². The monoisotopic (exact) mass is 466 g/mol. The van der Waals surface area contributed by atoms with Crippen molar-refractivity contribution in [1.82, 2.24) is 14.5 Å². The van der Waals surface area contributed by atoms with E-state index in [0.717, 1.165) is 0 Å². The quantitative estimate of drug-likeness (QED) is 0.638. The standard InChI is InChI=1S/C19H22N4O6S2/c24-19(17-2-1-7-22-10-13-30(25,26)21-18(17)22)20-14-15-3-5-16(6-4-15)31(27,28)23-8-11-29-12-9-23/h1-7H,8-14H2,(H,20,24). The molecule has 31 heavy (non-hydrogen) atoms. The largest absolute Gasteiger partial charge is 0.379 e. The number of benzene rings is 1. The predicted octanol–water partition coefficient (Wildman–Crippen LogP) is -0.179. The van der Waals surface area contributed by atoms with Crippen LogP contribution in [0.4, 0.5) is 0 Å². The molecule has 1 N–H and O–H groups in total. The van der Waals surface area contributed by atoms with Gasteiger partial charge in [0.05, 0.1) is 29.4 Å². The second-order valence-corrected chi connectivity index (χ2v) is 10.9. The Labute approximate surface area is 181 Å². The van der Waals surface area contributed by atoms with E-state index in [1.165, 1.54) is 22.5 Å². The zero-order valence-corrected chi connectivity index (χ0v) is 18.2. The second-order valence-electron chi connectivity index (χ2n) is 7.16. The summed E-state index contributed by atoms with van der Waals surface area (Å²) in [7, 11) is -7.17. The third-order valence-electron chi connectivity index (χ3n) is 5.09. The second kappa shape index (κ2) is 8.54. The number of carbonyl (C=O) groups is 1. The summed E-state index contributed by atoms with van der Waals surface area (Å²) in [5.41, 5.74) is 0.869. The van der Waals surface area contributed by atoms with E-state index < -0.39 is 26.0 Å². The molecule has 1 saturated heterocycles. The lowest BCUT2D eigenvalue weighted by molar-refractivity contribution is -0.117. The van der Waals surface area contributed by atoms with Gasteiger partial charge in [0, 0.05) is 32.4 Å². The number of allylic oxidation sites excluding steroid dienone is 2. The van der Waals surface area contributed by atoms with E-state index in [2.05, 4.69) is 9.71 Å². The van der Waals surface area contributed by atoms with Crippen molar-refractivity contribution in [3.63, 3.8) is 0 Å². The van der Waals surface area contributed by atoms with Gasteiger partial charge in [-0.3, -0.25) is 4.79 Å². The summed E-state index contributed by atoms with van der Waals surface area (Å²) in [6.45, 7) is 1.77. The van der Waals surface area contributed by atoms with Crippen LogP contribution in [-0.2, 0) is 36.1 Å². The van der Waals surface area contributed by atoms with Crippen LogP contribution in [0.15, 0.2) is 57.5 Å². The third-order valence-corrected chi connectivity index (χ3v) is 8.15. The number of amidine groups is 1. The fourth-order valence-corrected chi connectivity index (χ4v) is 5.78. The Morgan fingerprint density at radius 3 is 2.55 bits per heavy atom. The molecule has 166 valence electrons. The van der Waals surface area contributed by atoms with Crippen LogP contribution in [0, 0.1) is 0 Å². The summed E-state index contributed by atoms with van der Waals surface area (Å²) >= 11 is 0. The highest BCUT2D eigenvalue weighted by atomic mass is 32.2. The van der Waals surface area contributed by atoms with Crippen LogP contribution in [0.2, 0.25) is 0 Å². The van der Waals surface area contributed by atoms with E-state index >= 15 is 0 Å². The van der Waals surface area contributed by atoms with Crippen molar-refractivity contribution in [2.75, 3.05) is 38.6 Å². The van der Waals surface area contributed by atoms with Crippen LogP contribution in [-0.4, -0.2) is 76.4 Å². The van der Waals surface area contributed by atoms with Crippen molar-refractivity contribution in [3.05, 3.63) is 53.8 Å². The molecular formula is C19H22N4O6S2. The van der Waals surface area contributed by atoms with Crippen molar-refractivity contribution in [2.45, 2.75) is 11.4 Å². The van der Waals surface area contributed by atoms with Gasteiger partial charge >= 0.3 is 0 Å². The maximum absolute atomic E-state index is 12.7. The van der Waals surface area contributed by atoms with Gasteiger partial charge in [-0.1, -0.05) is 12.1 Å². The van der Waals surface area contributed by atoms with Gasteiger partial charge in [0.25, 0.3) is 15.9 Å². The third kappa shape index (κ3) is 4.71. The summed E-state index contributed by atoms with van der Waals surface area (Å²) in [6.07, 6.45) is 4.86. The molecule has 0 spiro atoms. The zero-order chi connectivity index (χ0) is 22.1. The van der Waals surface area contributed by atoms with Crippen molar-refractivity contribution >= 4 is 31.8 Å². The van der Waals surface area contributed by atoms with Crippen molar-refractivity contribution in [3.8, 4) is 0 Å². The summed E-state index contributed by atoms with van der Waals surface area (Å²) < 4.78 is 59.3. The number of nitrogens with one attached hydrogen (secondary N) is 1. The highest BCUT2D eigenvalue weighted by Gasteiger charge is 2.30. The van der Waals surface area contributed by atoms with Gasteiger partial charge in [0.2, 0.25) is 10.0 Å². The van der Waals surface area contributed by atoms with Crippen LogP contribution in [0.1, 0.15) is 5.56 Å². The van der Waals surface area contributed by atoms with E-state index in [1.54, 1.807) is 29.3 Å². The minimum atomic E-state index is -3.59. The van der Waals surface area contributed by atoms with Gasteiger partial charge in [-0.15, -0.1) is 4.40 Å². The molecule has 0 aliphatic carbocycles. The number of amides is 1. The highest BCUT2D eigenvalue weighted by molar-refractivity contribution is 7.90. The molecule has 0 saturated carbocycles. The average molecular weight is 467 g/mol. The van der Waals surface area contributed by atoms with Gasteiger partial charge in [-0.05, 0) is 29.8 Å². The Morgan fingerprint density at radius 1 is 1.13 bits per heavy atom. The summed E-state index contributed by atoms with van der Waals surface area (Å²) in [5, 5.41) is 2.73. The van der Waals surface area contributed by atoms with Gasteiger partial charge in [0.15, 0.2) is 5.84 Å². The molecular weight excluding hydrogens is 444 g/mol. The van der Waals surface area contributed by atoms with Gasteiger partial charge in [0.1, 0.15) is 0 Å². The number of hydrogen-bond acceptors (Lipinski definition) is 7. The van der Waals surface area contributed by atoms with Crippen molar-refractivity contribution in [1.29, 1.82) is 0 Å². The molecule has 0 aromatic heterocycles. The van der Waals surface area contributed by atoms with E-state index in [4.69, 9.17) is 4.74 Å². The summed E-state index contributed by atoms with van der Waals surface area (Å²) in [4.78, 5) is 14.4. The Morgan fingerprint density at radius 2 is 1.84 bits per heavy atom. The first kappa shape index (κ1) is 21.7. The molecule has 3 heterocycles. The van der Waals surface area contributed by atoms with E-state index in [1.807, 2.05) is 0 Å². The normalized spacial score (nSPS) is 21.1. The lowest BCUT2D eigenvalue weighted by Crippen LogP contribution is -2.42. The molecule has 10 nitrogen and oxygen atoms in total. The van der Waals surface area contributed by atoms with E-state index in [9.17, 15) is 21.6 Å². The summed E-state index contributed by atoms with van der Waals surface area (Å²) in [5.74, 6) is -0.455. The van der Waals surface area contributed by atoms with Gasteiger partial charge in [-0.25, -0.2) is 16.8 Å². The van der Waals surface area contributed by atoms with Gasteiger partial charge in [-0.2, -0.15) is 4.31 Å². The number of sulfonamides is 2. The molecule has 0 unspecified atom stereocenters. The van der Waals surface area contributed by atoms with Crippen LogP contribution in [0.25, 0.3) is 0 Å². The maximum Gasteiger partial charge on any atom is 0.256 e. The molecule has 1 aromatic rings. The zero-order valence-electron chi connectivity index (χ0n) is 16.6. The average Bonchev–Trinajstić information content (AvgIpc) is 2.77. The Kier molecular flexibility index (Phi) is 5.97. The molecule has 3 aliphatic rings. The number of carbonyl (C=O) groups excluding carboxylic acids is 1. The highest BCUT2D eigenvalue weighted by Crippen LogP contribution is 2.19. The first-order valence-electron chi connectivity index (χ1n) is 9.69. The lowest BCUT2D eigenvalue weighted by atomic mass is 10.1. The minimum Gasteiger partial charge on any atom is -0.379 e. The summed E-state index contributed by atoms with van der Waals surface area (Å²) in [6, 6.07) is 6.29. The van der Waals surface area contributed by atoms with Gasteiger partial charge < -0.3 is 15.0 Å². The molecule has 1 amide bonds. The lowest BCUT2D eigenvalue weighted by Gasteiger charge is -2.28. The number of hydrogen-bond donors (Lipinski definition) is 1. The van der Waals surface area contributed by atoms with E-state index in [0.29, 0.717) is 31.9 Å². The fraction of sp³-hybridized carbons (Fsp3) is 0.368. The number of ether oxygens (including phenoxy) is 1. The first-order valence-corrected chi connectivity index (χ1v) is 12.7. The Hall–Kier alpha value is -2.54. The number of rotatable bonds is 5. The fourth-order valence-electron chi connectivity index (χ4n) is 3.39. The number of nitrogens with zero attached hydrogens (tertiary/aromatic N) is 3. The smallest absolute Gasteiger partial charge is 0.256 e. The molecule has 1 aromatic carbocycles. The van der Waals surface area contributed by atoms with Crippen LogP contribution in [0.5, 0.6) is 0 Å². The molecule has 4 rings (SSSR count). The molecule has 3 aliphatic heterocycles. The van der Waals surface area contributed by atoms with Crippen molar-refractivity contribution < 1.29 is 26.4 Å². The molecule has 12 heteroatoms. The minimum absolute atomic E-state index is 0.102. The van der Waals surface area contributed by atoms with Crippen LogP contribution < -0.4 is 5.32 Å². The topological polar surface area (TPSA) is 125 Å². The van der Waals surface area contributed by atoms with Crippen LogP contribution >= 0.6 is 0 Å². The van der Waals surface area contributed by atoms with Crippen LogP contribution in [0.3, 0.4) is 0 Å². The Bertz CT molecular complexity index is 1160. The molecule has 0 atom stereocenters. The predicted molar refractivity (Wildman–Crippen MR) is 113 cm³/mol. The molecule has 0 radical (unpaired) electrons. The number of morpholine rings is 1. The molecule has 1 fully saturated rings.